The molecule has 0 aromatic heterocycles. The smallest absolute Gasteiger partial charge is 0.158 e. The SMILES string of the molecule is C=CC(=O)C/C=C\C. The summed E-state index contributed by atoms with van der Waals surface area (Å²) < 4.78 is 0. The maximum Gasteiger partial charge on any atom is 0.158 e. The van der Waals surface area contributed by atoms with Crippen LogP contribution in [-0.4, -0.2) is 5.78 Å². The van der Waals surface area contributed by atoms with Crippen LogP contribution in [0.4, 0.5) is 0 Å². The summed E-state index contributed by atoms with van der Waals surface area (Å²) in [4.78, 5) is 10.4. The van der Waals surface area contributed by atoms with Crippen molar-refractivity contribution >= 4 is 5.78 Å². The van der Waals surface area contributed by atoms with Crippen LogP contribution in [0.3, 0.4) is 0 Å². The van der Waals surface area contributed by atoms with Gasteiger partial charge in [-0.1, -0.05) is 18.7 Å². The van der Waals surface area contributed by atoms with Gasteiger partial charge in [0.05, 0.1) is 0 Å². The fourth-order valence-electron chi connectivity index (χ4n) is 0.317. The molecule has 0 unspecified atom stereocenters. The molecule has 0 saturated carbocycles. The molecule has 0 aliphatic heterocycles. The van der Waals surface area contributed by atoms with Gasteiger partial charge in [0.25, 0.3) is 0 Å². The van der Waals surface area contributed by atoms with Crippen LogP contribution >= 0.6 is 0 Å². The molecule has 0 heterocycles. The van der Waals surface area contributed by atoms with Crippen LogP contribution in [0.25, 0.3) is 0 Å². The zero-order valence-corrected chi connectivity index (χ0v) is 5.05. The Bertz CT molecular complexity index is 112. The minimum absolute atomic E-state index is 0.0723. The normalized spacial score (nSPS) is 9.62. The summed E-state index contributed by atoms with van der Waals surface area (Å²) in [6.07, 6.45) is 5.48. The molecule has 0 atom stereocenters. The summed E-state index contributed by atoms with van der Waals surface area (Å²) in [6, 6.07) is 0. The van der Waals surface area contributed by atoms with E-state index in [0.29, 0.717) is 6.42 Å². The second-order valence-electron chi connectivity index (χ2n) is 1.44. The molecule has 0 bridgehead atoms. The van der Waals surface area contributed by atoms with Crippen molar-refractivity contribution in [3.8, 4) is 0 Å². The molecular formula is C7H10O. The van der Waals surface area contributed by atoms with Crippen molar-refractivity contribution in [2.24, 2.45) is 0 Å². The fourth-order valence-corrected chi connectivity index (χ4v) is 0.317. The molecule has 0 rings (SSSR count). The quantitative estimate of drug-likeness (QED) is 0.399. The third kappa shape index (κ3) is 3.34. The highest BCUT2D eigenvalue weighted by Crippen LogP contribution is 1.84. The van der Waals surface area contributed by atoms with E-state index in [-0.39, 0.29) is 5.78 Å². The summed E-state index contributed by atoms with van der Waals surface area (Å²) in [5.74, 6) is 0.0723. The van der Waals surface area contributed by atoms with Gasteiger partial charge in [0.1, 0.15) is 0 Å². The van der Waals surface area contributed by atoms with E-state index >= 15 is 0 Å². The highest BCUT2D eigenvalue weighted by atomic mass is 16.1. The second-order valence-corrected chi connectivity index (χ2v) is 1.44. The van der Waals surface area contributed by atoms with Crippen LogP contribution in [0.5, 0.6) is 0 Å². The molecule has 0 radical (unpaired) electrons. The highest BCUT2D eigenvalue weighted by Gasteiger charge is 1.85. The molecule has 0 aliphatic carbocycles. The first kappa shape index (κ1) is 7.15. The van der Waals surface area contributed by atoms with Gasteiger partial charge in [0, 0.05) is 6.42 Å². The van der Waals surface area contributed by atoms with Crippen molar-refractivity contribution in [1.82, 2.24) is 0 Å². The Kier molecular flexibility index (Phi) is 3.85. The number of rotatable bonds is 3. The number of ketones is 1. The van der Waals surface area contributed by atoms with E-state index < -0.39 is 0 Å². The Morgan fingerprint density at radius 2 is 2.38 bits per heavy atom. The summed E-state index contributed by atoms with van der Waals surface area (Å²) in [6.45, 7) is 5.22. The lowest BCUT2D eigenvalue weighted by Gasteiger charge is -1.80. The summed E-state index contributed by atoms with van der Waals surface area (Å²) in [5, 5.41) is 0. The van der Waals surface area contributed by atoms with Gasteiger partial charge in [-0.25, -0.2) is 0 Å². The van der Waals surface area contributed by atoms with Crippen molar-refractivity contribution in [3.63, 3.8) is 0 Å². The number of hydrogen-bond donors (Lipinski definition) is 0. The Hall–Kier alpha value is -0.850. The topological polar surface area (TPSA) is 17.1 Å². The third-order valence-electron chi connectivity index (χ3n) is 0.782. The highest BCUT2D eigenvalue weighted by molar-refractivity contribution is 5.90. The Labute approximate surface area is 49.7 Å². The molecule has 0 amide bonds. The Morgan fingerprint density at radius 3 is 2.75 bits per heavy atom. The first-order chi connectivity index (χ1) is 3.81. The monoisotopic (exact) mass is 110 g/mol. The van der Waals surface area contributed by atoms with E-state index in [4.69, 9.17) is 0 Å². The predicted octanol–water partition coefficient (Wildman–Crippen LogP) is 1.71. The van der Waals surface area contributed by atoms with Crippen LogP contribution < -0.4 is 0 Å². The molecule has 8 heavy (non-hydrogen) atoms. The molecule has 0 aliphatic rings. The number of hydrogen-bond acceptors (Lipinski definition) is 1. The second kappa shape index (κ2) is 4.31. The van der Waals surface area contributed by atoms with Gasteiger partial charge >= 0.3 is 0 Å². The van der Waals surface area contributed by atoms with Gasteiger partial charge in [-0.3, -0.25) is 4.79 Å². The average Bonchev–Trinajstić information content (AvgIpc) is 1.83. The van der Waals surface area contributed by atoms with Crippen LogP contribution in [0, 0.1) is 0 Å². The van der Waals surface area contributed by atoms with Crippen LogP contribution in [0.1, 0.15) is 13.3 Å². The van der Waals surface area contributed by atoms with Crippen LogP contribution in [0.15, 0.2) is 24.8 Å². The molecule has 1 heteroatoms. The summed E-state index contributed by atoms with van der Waals surface area (Å²) in [7, 11) is 0. The predicted molar refractivity (Wildman–Crippen MR) is 34.6 cm³/mol. The van der Waals surface area contributed by atoms with E-state index in [1.165, 1.54) is 6.08 Å². The van der Waals surface area contributed by atoms with Crippen molar-refractivity contribution in [2.45, 2.75) is 13.3 Å². The maximum atomic E-state index is 10.4. The van der Waals surface area contributed by atoms with E-state index in [1.54, 1.807) is 0 Å². The number of allylic oxidation sites excluding steroid dienone is 3. The van der Waals surface area contributed by atoms with E-state index in [1.807, 2.05) is 19.1 Å². The zero-order chi connectivity index (χ0) is 6.41. The molecule has 0 fully saturated rings. The van der Waals surface area contributed by atoms with Crippen molar-refractivity contribution in [3.05, 3.63) is 24.8 Å². The zero-order valence-electron chi connectivity index (χ0n) is 5.05. The van der Waals surface area contributed by atoms with Gasteiger partial charge < -0.3 is 0 Å². The molecule has 0 spiro atoms. The fraction of sp³-hybridized carbons (Fsp3) is 0.286. The minimum Gasteiger partial charge on any atom is -0.295 e. The standard InChI is InChI=1S/C7H10O/c1-3-5-6-7(8)4-2/h3-5H,2,6H2,1H3/b5-3-. The molecule has 1 nitrogen and oxygen atoms in total. The van der Waals surface area contributed by atoms with Crippen LogP contribution in [-0.2, 0) is 4.79 Å². The van der Waals surface area contributed by atoms with Gasteiger partial charge in [-0.2, -0.15) is 0 Å². The van der Waals surface area contributed by atoms with Crippen molar-refractivity contribution in [1.29, 1.82) is 0 Å². The van der Waals surface area contributed by atoms with Crippen molar-refractivity contribution < 1.29 is 4.79 Å². The Morgan fingerprint density at radius 1 is 1.75 bits per heavy atom. The lowest BCUT2D eigenvalue weighted by atomic mass is 10.3. The first-order valence-electron chi connectivity index (χ1n) is 2.57. The number of carbonyl (C=O) groups is 1. The van der Waals surface area contributed by atoms with E-state index in [0.717, 1.165) is 0 Å². The van der Waals surface area contributed by atoms with Crippen LogP contribution in [0.2, 0.25) is 0 Å². The summed E-state index contributed by atoms with van der Waals surface area (Å²) in [5.41, 5.74) is 0. The number of carbonyl (C=O) groups excluding carboxylic acids is 1. The minimum atomic E-state index is 0.0723. The van der Waals surface area contributed by atoms with Crippen molar-refractivity contribution in [2.75, 3.05) is 0 Å². The molecule has 0 saturated heterocycles. The molecule has 0 aromatic rings. The maximum absolute atomic E-state index is 10.4. The first-order valence-corrected chi connectivity index (χ1v) is 2.57. The van der Waals surface area contributed by atoms with Gasteiger partial charge in [-0.15, -0.1) is 0 Å². The molecular weight excluding hydrogens is 100 g/mol. The largest absolute Gasteiger partial charge is 0.295 e. The van der Waals surface area contributed by atoms with Gasteiger partial charge in [-0.05, 0) is 13.0 Å². The third-order valence-corrected chi connectivity index (χ3v) is 0.782. The lowest BCUT2D eigenvalue weighted by molar-refractivity contribution is -0.113. The molecule has 44 valence electrons. The lowest BCUT2D eigenvalue weighted by Crippen LogP contribution is -1.85. The average molecular weight is 110 g/mol. The molecule has 0 aromatic carbocycles. The summed E-state index contributed by atoms with van der Waals surface area (Å²) >= 11 is 0. The Balaban J connectivity index is 3.39. The van der Waals surface area contributed by atoms with Gasteiger partial charge in [0.15, 0.2) is 5.78 Å². The van der Waals surface area contributed by atoms with E-state index in [9.17, 15) is 4.79 Å². The van der Waals surface area contributed by atoms with Gasteiger partial charge in [0.2, 0.25) is 0 Å². The van der Waals surface area contributed by atoms with E-state index in [2.05, 4.69) is 6.58 Å². The molecule has 0 N–H and O–H groups in total.